The van der Waals surface area contributed by atoms with Crippen LogP contribution in [0.5, 0.6) is 5.75 Å². The first kappa shape index (κ1) is 10.1. The Morgan fingerprint density at radius 2 is 2.00 bits per heavy atom. The van der Waals surface area contributed by atoms with Gasteiger partial charge in [0.15, 0.2) is 6.20 Å². The van der Waals surface area contributed by atoms with E-state index in [1.807, 2.05) is 31.2 Å². The minimum Gasteiger partial charge on any atom is -0.868 e. The topological polar surface area (TPSA) is 37.2 Å². The van der Waals surface area contributed by atoms with E-state index in [0.717, 1.165) is 10.9 Å². The molecule has 1 aromatic heterocycles. The van der Waals surface area contributed by atoms with Gasteiger partial charge in [0.1, 0.15) is 0 Å². The van der Waals surface area contributed by atoms with Gasteiger partial charge in [0, 0.05) is 11.5 Å². The van der Waals surface area contributed by atoms with Gasteiger partial charge in [-0.1, -0.05) is 11.6 Å². The number of hydrogen-bond acceptors (Lipinski definition) is 1. The van der Waals surface area contributed by atoms with E-state index in [1.54, 1.807) is 6.20 Å². The van der Waals surface area contributed by atoms with Crippen molar-refractivity contribution in [3.63, 3.8) is 0 Å². The number of aromatic nitrogens is 1. The Kier molecular flexibility index (Phi) is 2.97. The summed E-state index contributed by atoms with van der Waals surface area (Å²) < 4.78 is 0. The molecule has 60 valence electrons. The van der Waals surface area contributed by atoms with Crippen LogP contribution in [-0.4, -0.2) is 0 Å². The number of fused-ring (bicyclic) bond motifs is 1. The summed E-state index contributed by atoms with van der Waals surface area (Å²) in [7, 11) is 0. The summed E-state index contributed by atoms with van der Waals surface area (Å²) in [4.78, 5) is 2.95. The van der Waals surface area contributed by atoms with Gasteiger partial charge in [0.2, 0.25) is 5.52 Å². The maximum absolute atomic E-state index is 11.5. The molecular formula is C10H9LiNO+. The fourth-order valence-electron chi connectivity index (χ4n) is 1.27. The molecule has 1 heterocycles. The van der Waals surface area contributed by atoms with Gasteiger partial charge in [0.25, 0.3) is 0 Å². The molecule has 2 aromatic rings. The van der Waals surface area contributed by atoms with Gasteiger partial charge >= 0.3 is 18.9 Å². The van der Waals surface area contributed by atoms with Crippen molar-refractivity contribution < 1.29 is 29.0 Å². The van der Waals surface area contributed by atoms with Crippen LogP contribution in [0, 0.1) is 6.92 Å². The van der Waals surface area contributed by atoms with Gasteiger partial charge in [-0.15, -0.1) is 0 Å². The summed E-state index contributed by atoms with van der Waals surface area (Å²) in [5.41, 5.74) is 1.47. The third-order valence-electron chi connectivity index (χ3n) is 1.99. The fourth-order valence-corrected chi connectivity index (χ4v) is 1.27. The zero-order valence-electron chi connectivity index (χ0n) is 7.79. The third-order valence-corrected chi connectivity index (χ3v) is 1.99. The molecule has 1 N–H and O–H groups in total. The van der Waals surface area contributed by atoms with E-state index in [2.05, 4.69) is 4.98 Å². The summed E-state index contributed by atoms with van der Waals surface area (Å²) >= 11 is 0. The van der Waals surface area contributed by atoms with Gasteiger partial charge in [-0.25, -0.2) is 4.98 Å². The van der Waals surface area contributed by atoms with Crippen molar-refractivity contribution in [2.75, 3.05) is 0 Å². The molecule has 0 spiro atoms. The molecule has 0 aliphatic carbocycles. The van der Waals surface area contributed by atoms with Crippen molar-refractivity contribution in [1.82, 2.24) is 0 Å². The second-order valence-corrected chi connectivity index (χ2v) is 2.85. The number of benzene rings is 1. The zero-order valence-corrected chi connectivity index (χ0v) is 7.79. The molecule has 0 aliphatic heterocycles. The monoisotopic (exact) mass is 166 g/mol. The Morgan fingerprint density at radius 1 is 1.23 bits per heavy atom. The van der Waals surface area contributed by atoms with Crippen LogP contribution < -0.4 is 29.0 Å². The number of H-pyrrole nitrogens is 1. The molecule has 0 saturated heterocycles. The number of nitrogens with one attached hydrogen (secondary N) is 1. The average molecular weight is 166 g/mol. The van der Waals surface area contributed by atoms with Crippen LogP contribution in [0.15, 0.2) is 30.5 Å². The van der Waals surface area contributed by atoms with Crippen molar-refractivity contribution in [2.45, 2.75) is 6.92 Å². The van der Waals surface area contributed by atoms with Crippen LogP contribution in [0.2, 0.25) is 0 Å². The Hall–Kier alpha value is -0.973. The molecule has 1 aromatic carbocycles. The predicted molar refractivity (Wildman–Crippen MR) is 44.7 cm³/mol. The molecule has 0 amide bonds. The Bertz CT molecular complexity index is 428. The fraction of sp³-hybridized carbons (Fsp3) is 0.100. The normalized spacial score (nSPS) is 9.62. The first-order chi connectivity index (χ1) is 5.79. The van der Waals surface area contributed by atoms with Crippen LogP contribution in [0.25, 0.3) is 10.9 Å². The largest absolute Gasteiger partial charge is 1.00 e. The SMILES string of the molecule is Cc1ccc2ccc[nH+]c2c1[O-].[Li+]. The van der Waals surface area contributed by atoms with Crippen molar-refractivity contribution in [2.24, 2.45) is 0 Å². The molecule has 0 bridgehead atoms. The molecule has 13 heavy (non-hydrogen) atoms. The second kappa shape index (κ2) is 3.82. The van der Waals surface area contributed by atoms with Crippen LogP contribution in [0.3, 0.4) is 0 Å². The molecule has 0 fully saturated rings. The molecule has 2 nitrogen and oxygen atoms in total. The van der Waals surface area contributed by atoms with Gasteiger partial charge in [-0.3, -0.25) is 0 Å². The quantitative estimate of drug-likeness (QED) is 0.419. The maximum Gasteiger partial charge on any atom is 1.00 e. The van der Waals surface area contributed by atoms with Crippen molar-refractivity contribution >= 4 is 10.9 Å². The van der Waals surface area contributed by atoms with Crippen LogP contribution in [-0.2, 0) is 0 Å². The van der Waals surface area contributed by atoms with E-state index in [9.17, 15) is 5.11 Å². The maximum atomic E-state index is 11.5. The van der Waals surface area contributed by atoms with E-state index < -0.39 is 0 Å². The summed E-state index contributed by atoms with van der Waals surface area (Å²) in [6, 6.07) is 7.60. The molecule has 0 aliphatic rings. The minimum absolute atomic E-state index is 0. The number of pyridine rings is 1. The van der Waals surface area contributed by atoms with Crippen LogP contribution in [0.1, 0.15) is 5.56 Å². The van der Waals surface area contributed by atoms with Crippen molar-refractivity contribution in [1.29, 1.82) is 0 Å². The number of aromatic amines is 1. The van der Waals surface area contributed by atoms with Gasteiger partial charge < -0.3 is 5.11 Å². The molecule has 3 heteroatoms. The van der Waals surface area contributed by atoms with E-state index in [0.29, 0.717) is 5.52 Å². The molecular weight excluding hydrogens is 157 g/mol. The summed E-state index contributed by atoms with van der Waals surface area (Å²) in [6.07, 6.45) is 1.77. The van der Waals surface area contributed by atoms with Gasteiger partial charge in [-0.2, -0.15) is 0 Å². The number of hydrogen-bond donors (Lipinski definition) is 0. The molecule has 0 unspecified atom stereocenters. The number of rotatable bonds is 0. The van der Waals surface area contributed by atoms with Crippen LogP contribution in [0.4, 0.5) is 0 Å². The summed E-state index contributed by atoms with van der Waals surface area (Å²) in [6.45, 7) is 1.82. The third kappa shape index (κ3) is 1.69. The Morgan fingerprint density at radius 3 is 2.77 bits per heavy atom. The molecule has 0 atom stereocenters. The summed E-state index contributed by atoms with van der Waals surface area (Å²) in [5, 5.41) is 12.5. The first-order valence-corrected chi connectivity index (χ1v) is 3.86. The zero-order chi connectivity index (χ0) is 8.55. The van der Waals surface area contributed by atoms with E-state index in [1.165, 1.54) is 0 Å². The van der Waals surface area contributed by atoms with E-state index >= 15 is 0 Å². The average Bonchev–Trinajstić information content (AvgIpc) is 2.12. The smallest absolute Gasteiger partial charge is 0.868 e. The summed E-state index contributed by atoms with van der Waals surface area (Å²) in [5.74, 6) is 0.0908. The Labute approximate surface area is 88.8 Å². The first-order valence-electron chi connectivity index (χ1n) is 3.86. The van der Waals surface area contributed by atoms with Crippen molar-refractivity contribution in [3.05, 3.63) is 36.0 Å². The molecule has 0 radical (unpaired) electrons. The number of aryl methyl sites for hydroxylation is 1. The van der Waals surface area contributed by atoms with E-state index in [4.69, 9.17) is 0 Å². The van der Waals surface area contributed by atoms with Gasteiger partial charge in [-0.05, 0) is 24.8 Å². The predicted octanol–water partition coefficient (Wildman–Crippen LogP) is -1.96. The molecule has 0 saturated carbocycles. The molecule has 2 rings (SSSR count). The standard InChI is InChI=1S/C10H9NO.Li/c1-7-4-5-8-3-2-6-11-9(8)10(7)12;/h2-6,12H,1H3;/q;+1. The minimum atomic E-state index is 0. The van der Waals surface area contributed by atoms with E-state index in [-0.39, 0.29) is 24.6 Å². The second-order valence-electron chi connectivity index (χ2n) is 2.85. The van der Waals surface area contributed by atoms with Gasteiger partial charge in [0.05, 0.1) is 0 Å². The van der Waals surface area contributed by atoms with Crippen molar-refractivity contribution in [3.8, 4) is 5.75 Å². The van der Waals surface area contributed by atoms with Crippen LogP contribution >= 0.6 is 0 Å². The Balaban J connectivity index is 0.000000845.